The molecule has 1 fully saturated rings. The first-order valence-corrected chi connectivity index (χ1v) is 8.42. The molecule has 0 spiro atoms. The Morgan fingerprint density at radius 2 is 2.30 bits per heavy atom. The van der Waals surface area contributed by atoms with Crippen LogP contribution in [-0.2, 0) is 11.3 Å². The van der Waals surface area contributed by atoms with Crippen molar-refractivity contribution in [1.82, 2.24) is 15.2 Å². The molecule has 4 nitrogen and oxygen atoms in total. The number of hydrogen-bond donors (Lipinski definition) is 1. The van der Waals surface area contributed by atoms with Crippen LogP contribution < -0.4 is 5.32 Å². The zero-order valence-corrected chi connectivity index (χ0v) is 13.9. The smallest absolute Gasteiger partial charge is 0.123 e. The van der Waals surface area contributed by atoms with E-state index in [0.717, 1.165) is 50.0 Å². The Hall–Kier alpha value is -0.490. The van der Waals surface area contributed by atoms with E-state index in [1.54, 1.807) is 11.3 Å². The van der Waals surface area contributed by atoms with Gasteiger partial charge < -0.3 is 10.1 Å². The number of likely N-dealkylation sites (N-methyl/N-ethyl adjacent to an activating group) is 1. The molecule has 1 N–H and O–H groups in total. The van der Waals surface area contributed by atoms with Gasteiger partial charge in [-0.1, -0.05) is 20.8 Å². The third-order valence-electron chi connectivity index (χ3n) is 3.62. The Bertz CT molecular complexity index is 419. The monoisotopic (exact) mass is 297 g/mol. The zero-order valence-electron chi connectivity index (χ0n) is 13.1. The summed E-state index contributed by atoms with van der Waals surface area (Å²) in [6, 6.07) is 0. The molecule has 1 aromatic rings. The molecule has 0 bridgehead atoms. The van der Waals surface area contributed by atoms with Gasteiger partial charge in [0.25, 0.3) is 0 Å². The topological polar surface area (TPSA) is 37.4 Å². The molecule has 20 heavy (non-hydrogen) atoms. The highest BCUT2D eigenvalue weighted by atomic mass is 32.1. The minimum atomic E-state index is 0.159. The minimum Gasteiger partial charge on any atom is -0.368 e. The van der Waals surface area contributed by atoms with Crippen LogP contribution in [0.25, 0.3) is 0 Å². The molecule has 2 heterocycles. The Kier molecular flexibility index (Phi) is 5.96. The summed E-state index contributed by atoms with van der Waals surface area (Å²) in [6.07, 6.45) is 0.159. The Morgan fingerprint density at radius 3 is 3.00 bits per heavy atom. The first kappa shape index (κ1) is 15.9. The van der Waals surface area contributed by atoms with Crippen molar-refractivity contribution in [1.29, 1.82) is 0 Å². The van der Waals surface area contributed by atoms with E-state index in [-0.39, 0.29) is 6.10 Å². The number of ether oxygens (including phenoxy) is 1. The number of hydrogen-bond acceptors (Lipinski definition) is 5. The number of nitrogens with one attached hydrogen (secondary N) is 1. The van der Waals surface area contributed by atoms with E-state index in [1.807, 2.05) is 0 Å². The second-order valence-corrected chi connectivity index (χ2v) is 6.95. The van der Waals surface area contributed by atoms with E-state index in [4.69, 9.17) is 9.72 Å². The predicted molar refractivity (Wildman–Crippen MR) is 84.2 cm³/mol. The average molecular weight is 297 g/mol. The van der Waals surface area contributed by atoms with Crippen LogP contribution in [0.3, 0.4) is 0 Å². The fourth-order valence-electron chi connectivity index (χ4n) is 2.37. The van der Waals surface area contributed by atoms with Gasteiger partial charge in [0.2, 0.25) is 0 Å². The minimum absolute atomic E-state index is 0.159. The normalized spacial score (nSPS) is 20.8. The van der Waals surface area contributed by atoms with Gasteiger partial charge in [-0.3, -0.25) is 4.90 Å². The molecule has 1 saturated heterocycles. The van der Waals surface area contributed by atoms with Gasteiger partial charge in [-0.05, 0) is 25.9 Å². The number of nitrogens with zero attached hydrogens (tertiary/aromatic N) is 2. The molecular formula is C15H27N3OS. The van der Waals surface area contributed by atoms with Gasteiger partial charge in [0.1, 0.15) is 11.1 Å². The van der Waals surface area contributed by atoms with Crippen molar-refractivity contribution < 1.29 is 4.74 Å². The molecule has 1 aliphatic heterocycles. The van der Waals surface area contributed by atoms with E-state index < -0.39 is 0 Å². The molecule has 114 valence electrons. The standard InChI is InChI=1S/C15H27N3OS/c1-5-18-6-7-19-13(10-18)15-17-12(4)14(20-15)9-16-8-11(2)3/h11,13,16H,5-10H2,1-4H3. The fourth-order valence-corrected chi connectivity index (χ4v) is 3.44. The van der Waals surface area contributed by atoms with Crippen molar-refractivity contribution in [3.8, 4) is 0 Å². The lowest BCUT2D eigenvalue weighted by Gasteiger charge is -2.30. The lowest BCUT2D eigenvalue weighted by atomic mass is 10.2. The highest BCUT2D eigenvalue weighted by Gasteiger charge is 2.24. The predicted octanol–water partition coefficient (Wildman–Crippen LogP) is 2.59. The van der Waals surface area contributed by atoms with Crippen molar-refractivity contribution in [2.24, 2.45) is 5.92 Å². The van der Waals surface area contributed by atoms with E-state index in [1.165, 1.54) is 4.88 Å². The van der Waals surface area contributed by atoms with Crippen LogP contribution >= 0.6 is 11.3 Å². The maximum atomic E-state index is 5.89. The van der Waals surface area contributed by atoms with Crippen LogP contribution in [0.15, 0.2) is 0 Å². The van der Waals surface area contributed by atoms with E-state index in [0.29, 0.717) is 5.92 Å². The summed E-state index contributed by atoms with van der Waals surface area (Å²) in [5.41, 5.74) is 1.15. The summed E-state index contributed by atoms with van der Waals surface area (Å²) < 4.78 is 5.89. The van der Waals surface area contributed by atoms with Gasteiger partial charge in [-0.25, -0.2) is 4.98 Å². The van der Waals surface area contributed by atoms with Crippen molar-refractivity contribution in [3.63, 3.8) is 0 Å². The largest absolute Gasteiger partial charge is 0.368 e. The summed E-state index contributed by atoms with van der Waals surface area (Å²) >= 11 is 1.80. The van der Waals surface area contributed by atoms with Gasteiger partial charge in [0.05, 0.1) is 12.3 Å². The molecule has 1 atom stereocenters. The number of thiazole rings is 1. The molecule has 0 amide bonds. The molecule has 1 aliphatic rings. The first-order chi connectivity index (χ1) is 9.60. The lowest BCUT2D eigenvalue weighted by molar-refractivity contribution is -0.0282. The van der Waals surface area contributed by atoms with E-state index >= 15 is 0 Å². The number of aromatic nitrogens is 1. The molecule has 2 rings (SSSR count). The highest BCUT2D eigenvalue weighted by molar-refractivity contribution is 7.11. The molecule has 0 aliphatic carbocycles. The van der Waals surface area contributed by atoms with E-state index in [2.05, 4.69) is 37.9 Å². The second kappa shape index (κ2) is 7.50. The summed E-state index contributed by atoms with van der Waals surface area (Å²) in [7, 11) is 0. The van der Waals surface area contributed by atoms with E-state index in [9.17, 15) is 0 Å². The van der Waals surface area contributed by atoms with Gasteiger partial charge in [-0.15, -0.1) is 11.3 Å². The van der Waals surface area contributed by atoms with Crippen molar-refractivity contribution in [2.75, 3.05) is 32.8 Å². The average Bonchev–Trinajstić information content (AvgIpc) is 2.80. The zero-order chi connectivity index (χ0) is 14.5. The van der Waals surface area contributed by atoms with Crippen LogP contribution in [0.2, 0.25) is 0 Å². The third-order valence-corrected chi connectivity index (χ3v) is 4.87. The molecular weight excluding hydrogens is 270 g/mol. The van der Waals surface area contributed by atoms with Crippen LogP contribution in [0.4, 0.5) is 0 Å². The number of aryl methyl sites for hydroxylation is 1. The van der Waals surface area contributed by atoms with Crippen LogP contribution in [-0.4, -0.2) is 42.7 Å². The first-order valence-electron chi connectivity index (χ1n) is 7.61. The number of rotatable bonds is 6. The highest BCUT2D eigenvalue weighted by Crippen LogP contribution is 2.28. The van der Waals surface area contributed by atoms with Crippen LogP contribution in [0, 0.1) is 12.8 Å². The van der Waals surface area contributed by atoms with Gasteiger partial charge >= 0.3 is 0 Å². The summed E-state index contributed by atoms with van der Waals surface area (Å²) in [5.74, 6) is 0.683. The molecule has 0 aromatic carbocycles. The van der Waals surface area contributed by atoms with Crippen molar-refractivity contribution in [2.45, 2.75) is 40.3 Å². The third kappa shape index (κ3) is 4.25. The van der Waals surface area contributed by atoms with Gasteiger partial charge in [0.15, 0.2) is 0 Å². The Balaban J connectivity index is 1.95. The van der Waals surface area contributed by atoms with Crippen molar-refractivity contribution in [3.05, 3.63) is 15.6 Å². The summed E-state index contributed by atoms with van der Waals surface area (Å²) in [6.45, 7) is 14.7. The molecule has 5 heteroatoms. The second-order valence-electron chi connectivity index (χ2n) is 5.84. The molecule has 1 unspecified atom stereocenters. The Morgan fingerprint density at radius 1 is 1.50 bits per heavy atom. The lowest BCUT2D eigenvalue weighted by Crippen LogP contribution is -2.38. The van der Waals surface area contributed by atoms with Crippen LogP contribution in [0.1, 0.15) is 42.5 Å². The fraction of sp³-hybridized carbons (Fsp3) is 0.800. The molecule has 0 radical (unpaired) electrons. The molecule has 1 aromatic heterocycles. The number of morpholine rings is 1. The van der Waals surface area contributed by atoms with Crippen LogP contribution in [0.5, 0.6) is 0 Å². The SMILES string of the molecule is CCN1CCOC(c2nc(C)c(CNCC(C)C)s2)C1. The molecule has 0 saturated carbocycles. The Labute approximate surface area is 126 Å². The maximum absolute atomic E-state index is 5.89. The van der Waals surface area contributed by atoms with Gasteiger partial charge in [-0.2, -0.15) is 0 Å². The quantitative estimate of drug-likeness (QED) is 0.876. The summed E-state index contributed by atoms with van der Waals surface area (Å²) in [5, 5.41) is 4.64. The van der Waals surface area contributed by atoms with Gasteiger partial charge in [0, 0.05) is 24.5 Å². The maximum Gasteiger partial charge on any atom is 0.123 e. The van der Waals surface area contributed by atoms with Crippen molar-refractivity contribution >= 4 is 11.3 Å². The summed E-state index contributed by atoms with van der Waals surface area (Å²) in [4.78, 5) is 8.51.